The third-order valence-corrected chi connectivity index (χ3v) is 1.52. The molecule has 0 fully saturated rings. The van der Waals surface area contributed by atoms with Gasteiger partial charge in [-0.05, 0) is 6.07 Å². The van der Waals surface area contributed by atoms with E-state index in [0.717, 1.165) is 7.05 Å². The summed E-state index contributed by atoms with van der Waals surface area (Å²) in [5, 5.41) is 2.75. The Kier molecular flexibility index (Phi) is 4.94. The van der Waals surface area contributed by atoms with Crippen molar-refractivity contribution in [2.24, 2.45) is 7.05 Å². The maximum Gasteiger partial charge on any atom is 1.00 e. The zero-order valence-electron chi connectivity index (χ0n) is 7.82. The smallest absolute Gasteiger partial charge is 0.444 e. The van der Waals surface area contributed by atoms with Crippen molar-refractivity contribution in [2.75, 3.05) is 0 Å². The summed E-state index contributed by atoms with van der Waals surface area (Å²) in [6.07, 6.45) is -4.82. The molecule has 0 N–H and O–H groups in total. The van der Waals surface area contributed by atoms with Crippen LogP contribution in [0.4, 0.5) is 26.1 Å². The Morgan fingerprint density at radius 2 is 1.73 bits per heavy atom. The number of alkyl halides is 3. The second-order valence-electron chi connectivity index (χ2n) is 2.65. The van der Waals surface area contributed by atoms with Gasteiger partial charge in [-0.3, -0.25) is 4.68 Å². The molecule has 0 atom stereocenters. The summed E-state index contributed by atoms with van der Waals surface area (Å²) in [6.45, 7) is -5.49. The normalized spacial score (nSPS) is 12.5. The predicted molar refractivity (Wildman–Crippen MR) is 36.9 cm³/mol. The van der Waals surface area contributed by atoms with Crippen molar-refractivity contribution >= 4 is 12.6 Å². The van der Waals surface area contributed by atoms with Gasteiger partial charge in [0, 0.05) is 12.6 Å². The number of aromatic nitrogens is 2. The van der Waals surface area contributed by atoms with Crippen LogP contribution in [-0.4, -0.2) is 16.8 Å². The first-order valence-corrected chi connectivity index (χ1v) is 3.43. The van der Waals surface area contributed by atoms with Crippen LogP contribution in [0.15, 0.2) is 6.07 Å². The molecule has 1 aromatic rings. The molecule has 0 aliphatic heterocycles. The van der Waals surface area contributed by atoms with Gasteiger partial charge >= 0.3 is 64.5 Å². The molecule has 0 aliphatic rings. The third-order valence-electron chi connectivity index (χ3n) is 1.52. The standard InChI is InChI=1S/C5H4BF6N2.K/c1-14-3(5(7,8)9)2-4(13-14)6(10,11)12;/h2H,1H3;/q-1;+1. The second kappa shape index (κ2) is 4.78. The molecule has 0 aromatic carbocycles. The van der Waals surface area contributed by atoms with E-state index in [1.54, 1.807) is 0 Å². The van der Waals surface area contributed by atoms with Gasteiger partial charge < -0.3 is 12.9 Å². The number of halogens is 6. The van der Waals surface area contributed by atoms with Crippen molar-refractivity contribution in [3.63, 3.8) is 0 Å². The van der Waals surface area contributed by atoms with Gasteiger partial charge in [-0.1, -0.05) is 0 Å². The molecular weight excluding hydrogens is 252 g/mol. The van der Waals surface area contributed by atoms with E-state index in [-0.39, 0.29) is 62.1 Å². The monoisotopic (exact) mass is 256 g/mol. The summed E-state index contributed by atoms with van der Waals surface area (Å²) in [5.41, 5.74) is -2.90. The molecule has 1 heterocycles. The van der Waals surface area contributed by atoms with Gasteiger partial charge in [-0.2, -0.15) is 13.2 Å². The van der Waals surface area contributed by atoms with Gasteiger partial charge in [-0.15, -0.1) is 0 Å². The van der Waals surface area contributed by atoms with Crippen LogP contribution in [-0.2, 0) is 13.2 Å². The Morgan fingerprint density at radius 3 is 1.93 bits per heavy atom. The number of hydrogen-bond acceptors (Lipinski definition) is 1. The minimum atomic E-state index is -5.49. The summed E-state index contributed by atoms with van der Waals surface area (Å²) in [7, 11) is 0.814. The van der Waals surface area contributed by atoms with Gasteiger partial charge in [0.25, 0.3) is 0 Å². The SMILES string of the molecule is Cn1nc([B-](F)(F)F)cc1C(F)(F)F.[K+]. The molecule has 10 heteroatoms. The average Bonchev–Trinajstić information content (AvgIpc) is 2.27. The van der Waals surface area contributed by atoms with Gasteiger partial charge in [0.1, 0.15) is 5.69 Å². The van der Waals surface area contributed by atoms with Gasteiger partial charge in [0.15, 0.2) is 0 Å². The maximum absolute atomic E-state index is 12.0. The fourth-order valence-electron chi connectivity index (χ4n) is 0.915. The number of nitrogens with zero attached hydrogens (tertiary/aromatic N) is 2. The first kappa shape index (κ1) is 15.5. The maximum atomic E-state index is 12.0. The number of aryl methyl sites for hydroxylation is 1. The molecule has 0 spiro atoms. The van der Waals surface area contributed by atoms with Crippen LogP contribution in [0.1, 0.15) is 5.69 Å². The molecule has 1 aromatic heterocycles. The fourth-order valence-corrected chi connectivity index (χ4v) is 0.915. The van der Waals surface area contributed by atoms with Gasteiger partial charge in [0.05, 0.1) is 0 Å². The van der Waals surface area contributed by atoms with Crippen LogP contribution in [0.2, 0.25) is 0 Å². The number of hydrogen-bond donors (Lipinski definition) is 0. The Labute approximate surface area is 123 Å². The Balaban J connectivity index is 0.00000196. The van der Waals surface area contributed by atoms with Crippen molar-refractivity contribution < 1.29 is 77.5 Å². The van der Waals surface area contributed by atoms with Crippen LogP contribution in [0.25, 0.3) is 0 Å². The summed E-state index contributed by atoms with van der Waals surface area (Å²) in [4.78, 5) is 0. The summed E-state index contributed by atoms with van der Waals surface area (Å²) in [5.74, 6) is 0. The Hall–Kier alpha value is 0.491. The fraction of sp³-hybridized carbons (Fsp3) is 0.400. The minimum absolute atomic E-state index is 0. The zero-order valence-corrected chi connectivity index (χ0v) is 10.9. The molecule has 0 radical (unpaired) electrons. The largest absolute Gasteiger partial charge is 1.00 e. The molecule has 2 nitrogen and oxygen atoms in total. The Morgan fingerprint density at radius 1 is 1.27 bits per heavy atom. The molecule has 0 saturated heterocycles. The van der Waals surface area contributed by atoms with Crippen LogP contribution in [0.3, 0.4) is 0 Å². The summed E-state index contributed by atoms with van der Waals surface area (Å²) in [6, 6.07) is 0. The van der Waals surface area contributed by atoms with E-state index in [1.807, 2.05) is 0 Å². The van der Waals surface area contributed by atoms with Crippen molar-refractivity contribution in [1.29, 1.82) is 0 Å². The van der Waals surface area contributed by atoms with Crippen LogP contribution in [0.5, 0.6) is 0 Å². The predicted octanol–water partition coefficient (Wildman–Crippen LogP) is -1.50. The van der Waals surface area contributed by atoms with E-state index in [2.05, 4.69) is 5.10 Å². The number of rotatable bonds is 1. The molecule has 0 unspecified atom stereocenters. The molecule has 1 rings (SSSR count). The molecular formula is C5H4BF6KN2. The van der Waals surface area contributed by atoms with Crippen LogP contribution < -0.4 is 57.0 Å². The van der Waals surface area contributed by atoms with Gasteiger partial charge in [0.2, 0.25) is 0 Å². The van der Waals surface area contributed by atoms with E-state index >= 15 is 0 Å². The summed E-state index contributed by atoms with van der Waals surface area (Å²) < 4.78 is 72.2. The van der Waals surface area contributed by atoms with Crippen molar-refractivity contribution in [1.82, 2.24) is 9.78 Å². The molecule has 0 aliphatic carbocycles. The molecule has 15 heavy (non-hydrogen) atoms. The van der Waals surface area contributed by atoms with E-state index in [1.165, 1.54) is 0 Å². The third kappa shape index (κ3) is 3.77. The van der Waals surface area contributed by atoms with Crippen molar-refractivity contribution in [3.8, 4) is 0 Å². The molecule has 0 amide bonds. The Bertz CT molecular complexity index is 342. The van der Waals surface area contributed by atoms with Gasteiger partial charge in [-0.25, -0.2) is 5.10 Å². The van der Waals surface area contributed by atoms with E-state index in [9.17, 15) is 26.1 Å². The van der Waals surface area contributed by atoms with Crippen LogP contribution in [0, 0.1) is 0 Å². The first-order chi connectivity index (χ1) is 6.12. The van der Waals surface area contributed by atoms with E-state index < -0.39 is 24.4 Å². The van der Waals surface area contributed by atoms with Crippen molar-refractivity contribution in [3.05, 3.63) is 11.8 Å². The second-order valence-corrected chi connectivity index (χ2v) is 2.65. The topological polar surface area (TPSA) is 17.8 Å². The quantitative estimate of drug-likeness (QED) is 0.441. The molecule has 0 bridgehead atoms. The van der Waals surface area contributed by atoms with E-state index in [0.29, 0.717) is 0 Å². The van der Waals surface area contributed by atoms with Crippen molar-refractivity contribution in [2.45, 2.75) is 6.18 Å². The first-order valence-electron chi connectivity index (χ1n) is 3.43. The molecule has 80 valence electrons. The minimum Gasteiger partial charge on any atom is -0.444 e. The zero-order chi connectivity index (χ0) is 11.1. The van der Waals surface area contributed by atoms with E-state index in [4.69, 9.17) is 0 Å². The van der Waals surface area contributed by atoms with Crippen LogP contribution >= 0.6 is 0 Å². The average molecular weight is 256 g/mol. The molecule has 0 saturated carbocycles. The summed E-state index contributed by atoms with van der Waals surface area (Å²) >= 11 is 0.